The molecule has 1 aliphatic heterocycles. The normalized spacial score (nSPS) is 14.8. The molecule has 1 saturated heterocycles. The molecular formula is C33H39N7O4S. The Bertz CT molecular complexity index is 1980. The molecule has 1 fully saturated rings. The first-order valence-corrected chi connectivity index (χ1v) is 16.9. The fraction of sp³-hybridized carbons (Fsp3) is 0.364. The van der Waals surface area contributed by atoms with E-state index in [2.05, 4.69) is 32.1 Å². The fourth-order valence-electron chi connectivity index (χ4n) is 6.05. The van der Waals surface area contributed by atoms with Crippen LogP contribution < -0.4 is 10.2 Å². The van der Waals surface area contributed by atoms with E-state index < -0.39 is 15.4 Å². The number of piperazine rings is 1. The van der Waals surface area contributed by atoms with Gasteiger partial charge in [-0.2, -0.15) is 5.10 Å². The molecule has 0 aliphatic carbocycles. The van der Waals surface area contributed by atoms with E-state index in [1.54, 1.807) is 32.2 Å². The molecule has 3 N–H and O–H groups in total. The highest BCUT2D eigenvalue weighted by Gasteiger charge is 2.23. The topological polar surface area (TPSA) is 137 Å². The van der Waals surface area contributed by atoms with Gasteiger partial charge in [-0.05, 0) is 62.7 Å². The summed E-state index contributed by atoms with van der Waals surface area (Å²) in [5.74, 6) is 0.610. The minimum atomic E-state index is -3.45. The minimum absolute atomic E-state index is 0.103. The molecule has 0 spiro atoms. The summed E-state index contributed by atoms with van der Waals surface area (Å²) in [5, 5.41) is 30.4. The highest BCUT2D eigenvalue weighted by atomic mass is 32.2. The van der Waals surface area contributed by atoms with Crippen molar-refractivity contribution in [2.24, 2.45) is 0 Å². The van der Waals surface area contributed by atoms with Crippen molar-refractivity contribution in [3.05, 3.63) is 66.6 Å². The van der Waals surface area contributed by atoms with Crippen molar-refractivity contribution in [1.82, 2.24) is 24.6 Å². The third-order valence-electron chi connectivity index (χ3n) is 8.30. The van der Waals surface area contributed by atoms with Crippen LogP contribution in [0.4, 0.5) is 17.2 Å². The molecule has 0 saturated carbocycles. The van der Waals surface area contributed by atoms with Gasteiger partial charge < -0.3 is 20.4 Å². The average molecular weight is 630 g/mol. The molecule has 5 aromatic rings. The molecular weight excluding hydrogens is 590 g/mol. The lowest BCUT2D eigenvalue weighted by atomic mass is 9.98. The average Bonchev–Trinajstić information content (AvgIpc) is 3.39. The first-order valence-electron chi connectivity index (χ1n) is 15.0. The van der Waals surface area contributed by atoms with Gasteiger partial charge in [0.1, 0.15) is 5.82 Å². The number of rotatable bonds is 9. The number of sulfone groups is 1. The summed E-state index contributed by atoms with van der Waals surface area (Å²) in [7, 11) is -3.45. The SMILES string of the molecule is Cc1c(-c2nccc3cnc(Nc4ccc(S(C)(=O)=O)c(N5CCN(CCO)CC5)c4)cc23)ccc2c1cnn2CC(C)(C)O. The van der Waals surface area contributed by atoms with Crippen LogP contribution in [0.1, 0.15) is 19.4 Å². The van der Waals surface area contributed by atoms with Crippen LogP contribution in [0, 0.1) is 6.92 Å². The number of pyridine rings is 2. The molecule has 0 amide bonds. The summed E-state index contributed by atoms with van der Waals surface area (Å²) >= 11 is 0. The molecule has 11 nitrogen and oxygen atoms in total. The maximum atomic E-state index is 12.7. The van der Waals surface area contributed by atoms with Crippen molar-refractivity contribution in [2.45, 2.75) is 37.8 Å². The maximum absolute atomic E-state index is 12.7. The van der Waals surface area contributed by atoms with E-state index in [0.717, 1.165) is 57.3 Å². The molecule has 0 atom stereocenters. The minimum Gasteiger partial charge on any atom is -0.395 e. The van der Waals surface area contributed by atoms with Gasteiger partial charge in [-0.3, -0.25) is 14.6 Å². The monoisotopic (exact) mass is 629 g/mol. The first-order chi connectivity index (χ1) is 21.4. The zero-order valence-electron chi connectivity index (χ0n) is 26.0. The lowest BCUT2D eigenvalue weighted by Gasteiger charge is -2.36. The Morgan fingerprint density at radius 2 is 1.76 bits per heavy atom. The summed E-state index contributed by atoms with van der Waals surface area (Å²) in [6.45, 7) is 9.50. The number of aryl methyl sites for hydroxylation is 1. The van der Waals surface area contributed by atoms with E-state index >= 15 is 0 Å². The van der Waals surface area contributed by atoms with Gasteiger partial charge in [0.05, 0.1) is 46.7 Å². The molecule has 4 heterocycles. The predicted octanol–water partition coefficient (Wildman–Crippen LogP) is 3.99. The molecule has 0 bridgehead atoms. The van der Waals surface area contributed by atoms with Gasteiger partial charge in [-0.15, -0.1) is 0 Å². The lowest BCUT2D eigenvalue weighted by Crippen LogP contribution is -2.47. The number of hydrogen-bond donors (Lipinski definition) is 3. The van der Waals surface area contributed by atoms with Crippen LogP contribution >= 0.6 is 0 Å². The number of aliphatic hydroxyl groups excluding tert-OH is 1. The number of nitrogens with one attached hydrogen (secondary N) is 1. The molecule has 12 heteroatoms. The van der Waals surface area contributed by atoms with Gasteiger partial charge in [-0.25, -0.2) is 13.4 Å². The number of nitrogens with zero attached hydrogens (tertiary/aromatic N) is 6. The molecule has 236 valence electrons. The van der Waals surface area contributed by atoms with Gasteiger partial charge in [0.25, 0.3) is 0 Å². The number of aliphatic hydroxyl groups is 2. The highest BCUT2D eigenvalue weighted by Crippen LogP contribution is 2.35. The Balaban J connectivity index is 1.34. The summed E-state index contributed by atoms with van der Waals surface area (Å²) in [6.07, 6.45) is 6.66. The van der Waals surface area contributed by atoms with E-state index in [1.165, 1.54) is 6.26 Å². The van der Waals surface area contributed by atoms with Crippen LogP contribution in [0.2, 0.25) is 0 Å². The lowest BCUT2D eigenvalue weighted by molar-refractivity contribution is 0.0591. The maximum Gasteiger partial charge on any atom is 0.177 e. The predicted molar refractivity (Wildman–Crippen MR) is 178 cm³/mol. The van der Waals surface area contributed by atoms with Gasteiger partial charge in [-0.1, -0.05) is 6.07 Å². The molecule has 3 aromatic heterocycles. The van der Waals surface area contributed by atoms with Crippen LogP contribution in [0.25, 0.3) is 32.9 Å². The van der Waals surface area contributed by atoms with Crippen LogP contribution in [0.5, 0.6) is 0 Å². The van der Waals surface area contributed by atoms with Gasteiger partial charge >= 0.3 is 0 Å². The standard InChI is InChI=1S/C33H39N7O4S/c1-22-25(6-7-28-27(22)20-36-40(28)21-33(2,3)42)32-26-18-31(35-19-23(26)9-10-34-32)37-24-5-8-30(45(4,43)44)29(17-24)39-13-11-38(12-14-39)15-16-41/h5-10,17-20,41-42H,11-16,21H2,1-4H3,(H,35,37). The number of hydrogen-bond acceptors (Lipinski definition) is 10. The Morgan fingerprint density at radius 3 is 2.47 bits per heavy atom. The van der Waals surface area contributed by atoms with Crippen LogP contribution in [-0.4, -0.2) is 94.5 Å². The van der Waals surface area contributed by atoms with Gasteiger partial charge in [0.15, 0.2) is 9.84 Å². The summed E-state index contributed by atoms with van der Waals surface area (Å²) < 4.78 is 27.2. The molecule has 0 unspecified atom stereocenters. The summed E-state index contributed by atoms with van der Waals surface area (Å²) in [5.41, 5.74) is 4.29. The van der Waals surface area contributed by atoms with Crippen molar-refractivity contribution in [3.63, 3.8) is 0 Å². The molecule has 1 aliphatic rings. The highest BCUT2D eigenvalue weighted by molar-refractivity contribution is 7.90. The van der Waals surface area contributed by atoms with E-state index in [1.807, 2.05) is 47.4 Å². The van der Waals surface area contributed by atoms with Crippen molar-refractivity contribution in [1.29, 1.82) is 0 Å². The van der Waals surface area contributed by atoms with Crippen molar-refractivity contribution in [3.8, 4) is 11.3 Å². The zero-order valence-corrected chi connectivity index (χ0v) is 26.8. The molecule has 45 heavy (non-hydrogen) atoms. The fourth-order valence-corrected chi connectivity index (χ4v) is 6.93. The quantitative estimate of drug-likeness (QED) is 0.220. The smallest absolute Gasteiger partial charge is 0.177 e. The van der Waals surface area contributed by atoms with Gasteiger partial charge in [0.2, 0.25) is 0 Å². The number of β-amino-alcohol motifs (C(OH)–C–C–N with tert-alkyl or cyclic N) is 1. The number of aromatic nitrogens is 4. The van der Waals surface area contributed by atoms with E-state index in [9.17, 15) is 18.6 Å². The zero-order chi connectivity index (χ0) is 31.9. The van der Waals surface area contributed by atoms with Crippen molar-refractivity contribution < 1.29 is 18.6 Å². The summed E-state index contributed by atoms with van der Waals surface area (Å²) in [4.78, 5) is 14.0. The Hall–Kier alpha value is -4.10. The van der Waals surface area contributed by atoms with Crippen molar-refractivity contribution >= 4 is 48.7 Å². The second kappa shape index (κ2) is 12.0. The Kier molecular flexibility index (Phi) is 8.25. The van der Waals surface area contributed by atoms with Crippen LogP contribution in [0.15, 0.2) is 66.0 Å². The third-order valence-corrected chi connectivity index (χ3v) is 9.44. The van der Waals surface area contributed by atoms with Crippen molar-refractivity contribution in [2.75, 3.05) is 55.8 Å². The molecule has 6 rings (SSSR count). The largest absolute Gasteiger partial charge is 0.395 e. The Morgan fingerprint density at radius 1 is 0.978 bits per heavy atom. The first kappa shape index (κ1) is 30.9. The molecule has 0 radical (unpaired) electrons. The van der Waals surface area contributed by atoms with Crippen LogP contribution in [0.3, 0.4) is 0 Å². The second-order valence-electron chi connectivity index (χ2n) is 12.4. The molecule has 2 aromatic carbocycles. The van der Waals surface area contributed by atoms with E-state index in [-0.39, 0.29) is 6.61 Å². The third kappa shape index (κ3) is 6.50. The van der Waals surface area contributed by atoms with Gasteiger partial charge in [0, 0.05) is 78.8 Å². The summed E-state index contributed by atoms with van der Waals surface area (Å²) in [6, 6.07) is 13.3. The number of benzene rings is 2. The van der Waals surface area contributed by atoms with E-state index in [0.29, 0.717) is 42.6 Å². The number of anilines is 3. The Labute approximate surface area is 263 Å². The van der Waals surface area contributed by atoms with Crippen LogP contribution in [-0.2, 0) is 16.4 Å². The van der Waals surface area contributed by atoms with E-state index in [4.69, 9.17) is 4.98 Å². The second-order valence-corrected chi connectivity index (χ2v) is 14.4. The number of fused-ring (bicyclic) bond motifs is 2.